The molecule has 1 saturated heterocycles. The molecule has 1 aromatic carbocycles. The molecule has 9 nitrogen and oxygen atoms in total. The second-order valence-corrected chi connectivity index (χ2v) is 5.77. The van der Waals surface area contributed by atoms with Crippen LogP contribution in [0, 0.1) is 0 Å². The highest BCUT2D eigenvalue weighted by Gasteiger charge is 2.40. The summed E-state index contributed by atoms with van der Waals surface area (Å²) in [4.78, 5) is 34.5. The van der Waals surface area contributed by atoms with E-state index in [1.807, 2.05) is 0 Å². The Bertz CT molecular complexity index is 729. The van der Waals surface area contributed by atoms with Gasteiger partial charge in [0.25, 0.3) is 0 Å². The third kappa shape index (κ3) is 3.09. The fourth-order valence-electron chi connectivity index (χ4n) is 3.09. The number of esters is 2. The Kier molecular flexibility index (Phi) is 4.46. The minimum absolute atomic E-state index is 0.173. The van der Waals surface area contributed by atoms with E-state index in [1.54, 1.807) is 18.2 Å². The molecule has 2 aliphatic rings. The average Bonchev–Trinajstić information content (AvgIpc) is 2.69. The number of hydrogen-bond donors (Lipinski definition) is 2. The summed E-state index contributed by atoms with van der Waals surface area (Å²) < 4.78 is 21.0. The van der Waals surface area contributed by atoms with Crippen molar-refractivity contribution in [3.05, 3.63) is 34.9 Å². The van der Waals surface area contributed by atoms with Crippen molar-refractivity contribution in [3.63, 3.8) is 0 Å². The average molecular weight is 350 g/mol. The van der Waals surface area contributed by atoms with Gasteiger partial charge in [0, 0.05) is 31.8 Å². The first kappa shape index (κ1) is 17.3. The molecule has 25 heavy (non-hydrogen) atoms. The Morgan fingerprint density at radius 1 is 1.28 bits per heavy atom. The van der Waals surface area contributed by atoms with Crippen molar-refractivity contribution in [1.82, 2.24) is 5.32 Å². The number of rotatable bonds is 5. The van der Waals surface area contributed by atoms with E-state index in [0.29, 0.717) is 17.5 Å². The second-order valence-electron chi connectivity index (χ2n) is 5.77. The predicted molar refractivity (Wildman–Crippen MR) is 81.5 cm³/mol. The van der Waals surface area contributed by atoms with Gasteiger partial charge in [0.2, 0.25) is 11.7 Å². The maximum absolute atomic E-state index is 11.6. The number of carbonyl (C=O) groups excluding carboxylic acids is 3. The summed E-state index contributed by atoms with van der Waals surface area (Å²) in [6, 6.07) is 5.17. The fourth-order valence-corrected chi connectivity index (χ4v) is 3.09. The van der Waals surface area contributed by atoms with Crippen LogP contribution in [0.25, 0.3) is 0 Å². The highest BCUT2D eigenvalue weighted by atomic mass is 16.7. The molecule has 0 radical (unpaired) electrons. The summed E-state index contributed by atoms with van der Waals surface area (Å²) in [6.45, 7) is 0. The van der Waals surface area contributed by atoms with E-state index in [-0.39, 0.29) is 6.42 Å². The molecule has 0 aromatic heterocycles. The largest absolute Gasteiger partial charge is 0.438 e. The zero-order chi connectivity index (χ0) is 18.2. The summed E-state index contributed by atoms with van der Waals surface area (Å²) in [5.74, 6) is -4.00. The molecule has 134 valence electrons. The molecular formula is C16H18N2O7. The van der Waals surface area contributed by atoms with Crippen LogP contribution in [-0.2, 0) is 45.5 Å². The van der Waals surface area contributed by atoms with Gasteiger partial charge in [-0.15, -0.1) is 0 Å². The maximum Gasteiger partial charge on any atom is 0.419 e. The van der Waals surface area contributed by atoms with Gasteiger partial charge in [-0.25, -0.2) is 14.9 Å². The van der Waals surface area contributed by atoms with Gasteiger partial charge in [0.1, 0.15) is 0 Å². The Morgan fingerprint density at radius 2 is 1.96 bits per heavy atom. The molecule has 2 heterocycles. The number of hydrogen-bond acceptors (Lipinski definition) is 8. The lowest BCUT2D eigenvalue weighted by Crippen LogP contribution is -2.41. The number of nitrogens with two attached hydrogens (primary N) is 1. The molecule has 1 amide bonds. The summed E-state index contributed by atoms with van der Waals surface area (Å²) in [7, 11) is 2.83. The van der Waals surface area contributed by atoms with Gasteiger partial charge in [0.15, 0.2) is 12.5 Å². The van der Waals surface area contributed by atoms with Gasteiger partial charge in [-0.2, -0.15) is 0 Å². The van der Waals surface area contributed by atoms with Crippen molar-refractivity contribution in [2.45, 2.75) is 31.1 Å². The molecular weight excluding hydrogens is 332 g/mol. The molecule has 1 fully saturated rings. The van der Waals surface area contributed by atoms with E-state index in [1.165, 1.54) is 14.2 Å². The molecule has 2 unspecified atom stereocenters. The normalized spacial score (nSPS) is 22.5. The van der Waals surface area contributed by atoms with Gasteiger partial charge in [-0.3, -0.25) is 4.79 Å². The van der Waals surface area contributed by atoms with E-state index >= 15 is 0 Å². The Hall–Kier alpha value is -2.49. The first-order chi connectivity index (χ1) is 11.9. The number of primary amides is 1. The predicted octanol–water partition coefficient (Wildman–Crippen LogP) is -0.422. The number of methoxy groups -OCH3 is 2. The Balaban J connectivity index is 2.00. The minimum Gasteiger partial charge on any atom is -0.438 e. The van der Waals surface area contributed by atoms with Crippen LogP contribution in [0.2, 0.25) is 0 Å². The first-order valence-corrected chi connectivity index (χ1v) is 7.58. The molecule has 2 aliphatic heterocycles. The van der Waals surface area contributed by atoms with Crippen molar-refractivity contribution >= 4 is 17.8 Å². The second kappa shape index (κ2) is 6.43. The van der Waals surface area contributed by atoms with E-state index in [9.17, 15) is 14.4 Å². The molecule has 0 aliphatic carbocycles. The molecule has 9 heteroatoms. The monoisotopic (exact) mass is 350 g/mol. The van der Waals surface area contributed by atoms with E-state index in [2.05, 4.69) is 5.32 Å². The standard InChI is InChI=1S/C16H18N2O7/c1-22-16(23-2,7-11(17)19)9-3-4-10-8(5-9)6-12-18-13(10)25-15(21)14(20)24-12/h3-5,12-13,18H,6-7H2,1-2H3,(H2,17,19). The highest BCUT2D eigenvalue weighted by Crippen LogP contribution is 2.35. The van der Waals surface area contributed by atoms with Crippen molar-refractivity contribution < 1.29 is 33.3 Å². The first-order valence-electron chi connectivity index (χ1n) is 7.58. The molecule has 1 aromatic rings. The molecule has 3 rings (SSSR count). The third-order valence-electron chi connectivity index (χ3n) is 4.32. The molecule has 0 saturated carbocycles. The van der Waals surface area contributed by atoms with E-state index < -0.39 is 36.1 Å². The van der Waals surface area contributed by atoms with Gasteiger partial charge in [-0.1, -0.05) is 12.1 Å². The van der Waals surface area contributed by atoms with Crippen LogP contribution in [0.15, 0.2) is 18.2 Å². The third-order valence-corrected chi connectivity index (χ3v) is 4.32. The van der Waals surface area contributed by atoms with Crippen LogP contribution in [0.4, 0.5) is 0 Å². The SMILES string of the molecule is COC(CC(N)=O)(OC)c1ccc2c(c1)CC1NC2OC(=O)C(=O)O1. The smallest absolute Gasteiger partial charge is 0.419 e. The fraction of sp³-hybridized carbons (Fsp3) is 0.438. The van der Waals surface area contributed by atoms with Crippen LogP contribution in [0.5, 0.6) is 0 Å². The summed E-state index contributed by atoms with van der Waals surface area (Å²) in [6.07, 6.45) is -1.34. The lowest BCUT2D eigenvalue weighted by molar-refractivity contribution is -0.218. The number of nitrogens with one attached hydrogen (secondary N) is 1. The van der Waals surface area contributed by atoms with Crippen LogP contribution >= 0.6 is 0 Å². The zero-order valence-corrected chi connectivity index (χ0v) is 13.7. The minimum atomic E-state index is -1.33. The molecule has 2 bridgehead atoms. The van der Waals surface area contributed by atoms with Gasteiger partial charge in [-0.05, 0) is 11.6 Å². The Morgan fingerprint density at radius 3 is 2.60 bits per heavy atom. The van der Waals surface area contributed by atoms with Crippen LogP contribution in [0.1, 0.15) is 29.3 Å². The topological polar surface area (TPSA) is 126 Å². The van der Waals surface area contributed by atoms with Gasteiger partial charge >= 0.3 is 11.9 Å². The zero-order valence-electron chi connectivity index (χ0n) is 13.7. The summed E-state index contributed by atoms with van der Waals surface area (Å²) >= 11 is 0. The lowest BCUT2D eigenvalue weighted by atomic mass is 9.92. The molecule has 2 atom stereocenters. The Labute approximate surface area is 143 Å². The number of ether oxygens (including phenoxy) is 4. The number of benzene rings is 1. The number of fused-ring (bicyclic) bond motifs is 4. The van der Waals surface area contributed by atoms with Gasteiger partial charge < -0.3 is 24.7 Å². The summed E-state index contributed by atoms with van der Waals surface area (Å²) in [5.41, 5.74) is 7.34. The van der Waals surface area contributed by atoms with Gasteiger partial charge in [0.05, 0.1) is 6.42 Å². The molecule has 0 spiro atoms. The van der Waals surface area contributed by atoms with Crippen LogP contribution in [0.3, 0.4) is 0 Å². The van der Waals surface area contributed by atoms with Crippen LogP contribution < -0.4 is 11.1 Å². The number of carbonyl (C=O) groups is 3. The van der Waals surface area contributed by atoms with E-state index in [4.69, 9.17) is 24.7 Å². The highest BCUT2D eigenvalue weighted by molar-refractivity contribution is 6.29. The maximum atomic E-state index is 11.6. The molecule has 3 N–H and O–H groups in total. The van der Waals surface area contributed by atoms with Crippen molar-refractivity contribution in [2.24, 2.45) is 5.73 Å². The van der Waals surface area contributed by atoms with Crippen molar-refractivity contribution in [3.8, 4) is 0 Å². The summed E-state index contributed by atoms with van der Waals surface area (Å²) in [5, 5.41) is 2.93. The number of amides is 1. The van der Waals surface area contributed by atoms with E-state index in [0.717, 1.165) is 5.56 Å². The quantitative estimate of drug-likeness (QED) is 0.416. The van der Waals surface area contributed by atoms with Crippen LogP contribution in [-0.4, -0.2) is 38.3 Å². The van der Waals surface area contributed by atoms with Crippen molar-refractivity contribution in [1.29, 1.82) is 0 Å². The van der Waals surface area contributed by atoms with Crippen molar-refractivity contribution in [2.75, 3.05) is 14.2 Å². The lowest BCUT2D eigenvalue weighted by Gasteiger charge is -2.33.